The lowest BCUT2D eigenvalue weighted by molar-refractivity contribution is -0.270. The van der Waals surface area contributed by atoms with Gasteiger partial charge in [0.2, 0.25) is 11.8 Å². The zero-order chi connectivity index (χ0) is 24.4. The molecule has 2 heterocycles. The number of hydrogen-bond donors (Lipinski definition) is 6. The van der Waals surface area contributed by atoms with Gasteiger partial charge < -0.3 is 48.3 Å². The molecule has 12 nitrogen and oxygen atoms in total. The maximum Gasteiger partial charge on any atom is 0.220 e. The van der Waals surface area contributed by atoms with E-state index in [4.69, 9.17) is 17.3 Å². The largest absolute Gasteiger partial charge is 0.394 e. The summed E-state index contributed by atoms with van der Waals surface area (Å²) in [5.41, 5.74) is 0. The number of halogens is 1. The molecule has 0 saturated carbocycles. The van der Waals surface area contributed by atoms with Gasteiger partial charge in [-0.05, 0) is 25.7 Å². The van der Waals surface area contributed by atoms with Crippen LogP contribution in [0.15, 0.2) is 0 Å². The van der Waals surface area contributed by atoms with Gasteiger partial charge in [0, 0.05) is 26.5 Å². The van der Waals surface area contributed by atoms with Crippen LogP contribution < -0.4 is 10.6 Å². The predicted octanol–water partition coefficient (Wildman–Crippen LogP) is -1.49. The van der Waals surface area contributed by atoms with Crippen LogP contribution in [-0.2, 0) is 26.9 Å². The SMILES string of the molecule is CC(=O)NC1C(OCCCCC(=O)NCC2CCC(OI)C(CO)O2)OC(CO)C(O)C1O. The molecule has 8 atom stereocenters. The summed E-state index contributed by atoms with van der Waals surface area (Å²) in [5.74, 6) is -0.553. The summed E-state index contributed by atoms with van der Waals surface area (Å²) >= 11 is 1.80. The maximum absolute atomic E-state index is 12.1. The van der Waals surface area contributed by atoms with Crippen LogP contribution >= 0.6 is 23.0 Å². The van der Waals surface area contributed by atoms with E-state index in [0.717, 1.165) is 12.8 Å². The summed E-state index contributed by atoms with van der Waals surface area (Å²) in [6.45, 7) is 1.17. The molecular formula is C20H35IN2O10. The smallest absolute Gasteiger partial charge is 0.220 e. The van der Waals surface area contributed by atoms with Crippen LogP contribution in [-0.4, -0.2) is 108 Å². The highest BCUT2D eigenvalue weighted by Gasteiger charge is 2.45. The lowest BCUT2D eigenvalue weighted by atomic mass is 9.97. The Balaban J connectivity index is 1.67. The number of aliphatic hydroxyl groups is 4. The van der Waals surface area contributed by atoms with E-state index in [0.29, 0.717) is 19.4 Å². The molecule has 2 saturated heterocycles. The summed E-state index contributed by atoms with van der Waals surface area (Å²) < 4.78 is 22.1. The average molecular weight is 590 g/mol. The number of amides is 2. The molecule has 2 aliphatic heterocycles. The van der Waals surface area contributed by atoms with Gasteiger partial charge in [-0.3, -0.25) is 9.59 Å². The highest BCUT2D eigenvalue weighted by molar-refractivity contribution is 14.1. The van der Waals surface area contributed by atoms with E-state index in [9.17, 15) is 30.0 Å². The Morgan fingerprint density at radius 1 is 1.06 bits per heavy atom. The van der Waals surface area contributed by atoms with Crippen molar-refractivity contribution in [1.29, 1.82) is 0 Å². The van der Waals surface area contributed by atoms with E-state index >= 15 is 0 Å². The monoisotopic (exact) mass is 590 g/mol. The molecule has 0 aromatic carbocycles. The molecular weight excluding hydrogens is 555 g/mol. The fourth-order valence-electron chi connectivity index (χ4n) is 3.87. The first-order chi connectivity index (χ1) is 15.8. The van der Waals surface area contributed by atoms with E-state index in [1.807, 2.05) is 0 Å². The summed E-state index contributed by atoms with van der Waals surface area (Å²) in [6.07, 6.45) is -2.73. The van der Waals surface area contributed by atoms with Gasteiger partial charge in [0.15, 0.2) is 6.29 Å². The molecule has 0 aromatic rings. The highest BCUT2D eigenvalue weighted by atomic mass is 127. The molecule has 13 heteroatoms. The molecule has 2 fully saturated rings. The third kappa shape index (κ3) is 8.81. The number of aliphatic hydroxyl groups excluding tert-OH is 4. The minimum absolute atomic E-state index is 0.129. The number of ether oxygens (including phenoxy) is 3. The Kier molecular flexibility index (Phi) is 12.7. The Morgan fingerprint density at radius 3 is 2.42 bits per heavy atom. The molecule has 2 rings (SSSR count). The lowest BCUT2D eigenvalue weighted by Crippen LogP contribution is -2.64. The molecule has 6 N–H and O–H groups in total. The molecule has 0 spiro atoms. The van der Waals surface area contributed by atoms with Gasteiger partial charge in [-0.15, -0.1) is 0 Å². The number of hydrogen-bond acceptors (Lipinski definition) is 10. The van der Waals surface area contributed by atoms with Gasteiger partial charge in [-0.2, -0.15) is 0 Å². The normalized spacial score (nSPS) is 34.6. The zero-order valence-electron chi connectivity index (χ0n) is 18.6. The first kappa shape index (κ1) is 28.6. The van der Waals surface area contributed by atoms with Crippen molar-refractivity contribution in [3.8, 4) is 0 Å². The number of carbonyl (C=O) groups excluding carboxylic acids is 2. The Labute approximate surface area is 207 Å². The first-order valence-electron chi connectivity index (χ1n) is 11.1. The van der Waals surface area contributed by atoms with Crippen LogP contribution in [0.4, 0.5) is 0 Å². The fourth-order valence-corrected chi connectivity index (χ4v) is 4.45. The van der Waals surface area contributed by atoms with Crippen molar-refractivity contribution in [2.24, 2.45) is 0 Å². The topological polar surface area (TPSA) is 176 Å². The minimum Gasteiger partial charge on any atom is -0.394 e. The second kappa shape index (κ2) is 14.7. The molecule has 33 heavy (non-hydrogen) atoms. The summed E-state index contributed by atoms with van der Waals surface area (Å²) in [6, 6.07) is -0.987. The van der Waals surface area contributed by atoms with Crippen LogP contribution in [0.3, 0.4) is 0 Å². The summed E-state index contributed by atoms with van der Waals surface area (Å²) in [5, 5.41) is 44.3. The minimum atomic E-state index is -1.36. The van der Waals surface area contributed by atoms with Gasteiger partial charge in [-0.1, -0.05) is 0 Å². The molecule has 0 bridgehead atoms. The lowest BCUT2D eigenvalue weighted by Gasteiger charge is -2.42. The fraction of sp³-hybridized carbons (Fsp3) is 0.900. The van der Waals surface area contributed by atoms with Gasteiger partial charge in [-0.25, -0.2) is 0 Å². The molecule has 0 radical (unpaired) electrons. The Bertz CT molecular complexity index is 615. The highest BCUT2D eigenvalue weighted by Crippen LogP contribution is 2.24. The quantitative estimate of drug-likeness (QED) is 0.116. The van der Waals surface area contributed by atoms with E-state index < -0.39 is 49.3 Å². The first-order valence-corrected chi connectivity index (χ1v) is 12.0. The molecule has 0 aliphatic carbocycles. The number of carbonyl (C=O) groups is 2. The third-order valence-electron chi connectivity index (χ3n) is 5.71. The molecule has 2 aliphatic rings. The van der Waals surface area contributed by atoms with Crippen LogP contribution in [0.25, 0.3) is 0 Å². The van der Waals surface area contributed by atoms with Crippen molar-refractivity contribution in [3.05, 3.63) is 0 Å². The average Bonchev–Trinajstić information content (AvgIpc) is 2.81. The Morgan fingerprint density at radius 2 is 1.79 bits per heavy atom. The second-order valence-electron chi connectivity index (χ2n) is 8.25. The maximum atomic E-state index is 12.1. The van der Waals surface area contributed by atoms with E-state index in [1.54, 1.807) is 23.0 Å². The van der Waals surface area contributed by atoms with Crippen molar-refractivity contribution in [3.63, 3.8) is 0 Å². The molecule has 8 unspecified atom stereocenters. The van der Waals surface area contributed by atoms with Crippen molar-refractivity contribution < 1.29 is 47.3 Å². The van der Waals surface area contributed by atoms with Crippen molar-refractivity contribution in [1.82, 2.24) is 10.6 Å². The van der Waals surface area contributed by atoms with E-state index in [1.165, 1.54) is 6.92 Å². The second-order valence-corrected chi connectivity index (χ2v) is 8.76. The van der Waals surface area contributed by atoms with Crippen LogP contribution in [0.1, 0.15) is 39.0 Å². The predicted molar refractivity (Wildman–Crippen MR) is 122 cm³/mol. The number of nitrogens with one attached hydrogen (secondary N) is 2. The standard InChI is InChI=1S/C20H35IN2O10/c1-11(26)23-17-19(29)18(28)15(10-25)32-20(17)30-7-3-2-4-16(27)22-8-12-5-6-13(33-21)14(9-24)31-12/h12-15,17-20,24-25,28-29H,2-10H2,1H3,(H,22,27)(H,23,26). The van der Waals surface area contributed by atoms with Crippen molar-refractivity contribution in [2.75, 3.05) is 26.4 Å². The van der Waals surface area contributed by atoms with Gasteiger partial charge in [0.25, 0.3) is 0 Å². The molecule has 2 amide bonds. The molecule has 0 aromatic heterocycles. The van der Waals surface area contributed by atoms with Gasteiger partial charge >= 0.3 is 0 Å². The zero-order valence-corrected chi connectivity index (χ0v) is 20.8. The van der Waals surface area contributed by atoms with Crippen LogP contribution in [0.2, 0.25) is 0 Å². The van der Waals surface area contributed by atoms with Crippen molar-refractivity contribution in [2.45, 2.75) is 88.0 Å². The van der Waals surface area contributed by atoms with Gasteiger partial charge in [0.05, 0.1) is 25.4 Å². The molecule has 192 valence electrons. The van der Waals surface area contributed by atoms with E-state index in [-0.39, 0.29) is 37.7 Å². The van der Waals surface area contributed by atoms with E-state index in [2.05, 4.69) is 10.6 Å². The van der Waals surface area contributed by atoms with Crippen LogP contribution in [0, 0.1) is 0 Å². The third-order valence-corrected chi connectivity index (χ3v) is 6.36. The van der Waals surface area contributed by atoms with Crippen molar-refractivity contribution >= 4 is 34.8 Å². The summed E-state index contributed by atoms with van der Waals surface area (Å²) in [4.78, 5) is 23.5. The van der Waals surface area contributed by atoms with Gasteiger partial charge in [0.1, 0.15) is 53.5 Å². The number of unbranched alkanes of at least 4 members (excludes halogenated alkanes) is 1. The number of rotatable bonds is 12. The van der Waals surface area contributed by atoms with Crippen LogP contribution in [0.5, 0.6) is 0 Å². The Hall–Kier alpha value is -0.650. The summed E-state index contributed by atoms with van der Waals surface area (Å²) in [7, 11) is 0.